The lowest BCUT2D eigenvalue weighted by Gasteiger charge is -2.18. The fourth-order valence-electron chi connectivity index (χ4n) is 2.73. The van der Waals surface area contributed by atoms with E-state index in [1.165, 1.54) is 0 Å². The molecule has 1 fully saturated rings. The van der Waals surface area contributed by atoms with Crippen LogP contribution in [-0.2, 0) is 14.1 Å². The van der Waals surface area contributed by atoms with Crippen molar-refractivity contribution < 1.29 is 33.3 Å². The Bertz CT molecular complexity index is 919. The predicted octanol–water partition coefficient (Wildman–Crippen LogP) is -0.461. The van der Waals surface area contributed by atoms with Gasteiger partial charge in [0.1, 0.15) is 12.2 Å². The number of amides is 1. The number of hydrogen-bond donors (Lipinski definition) is 5. The fourth-order valence-corrected chi connectivity index (χ4v) is 3.20. The molecule has 1 aliphatic heterocycles. The summed E-state index contributed by atoms with van der Waals surface area (Å²) in [5, 5.41) is 11.8. The number of halogens is 1. The molecule has 2 aromatic rings. The van der Waals surface area contributed by atoms with Crippen LogP contribution in [0.5, 0.6) is 0 Å². The summed E-state index contributed by atoms with van der Waals surface area (Å²) in [6, 6.07) is 0. The highest BCUT2D eigenvalue weighted by Crippen LogP contribution is 2.40. The third kappa shape index (κ3) is 3.90. The molecule has 5 N–H and O–H groups in total. The Morgan fingerprint density at radius 1 is 1.54 bits per heavy atom. The highest BCUT2D eigenvalue weighted by Gasteiger charge is 2.48. The second-order valence-corrected chi connectivity index (χ2v) is 7.11. The smallest absolute Gasteiger partial charge is 0.327 e. The van der Waals surface area contributed by atoms with E-state index in [-0.39, 0.29) is 28.9 Å². The van der Waals surface area contributed by atoms with Gasteiger partial charge in [0, 0.05) is 5.92 Å². The maximum atomic E-state index is 14.9. The van der Waals surface area contributed by atoms with E-state index in [0.717, 1.165) is 10.9 Å². The number of nitrogens with zero attached hydrogens (tertiary/aromatic N) is 3. The zero-order chi connectivity index (χ0) is 20.6. The third-order valence-corrected chi connectivity index (χ3v) is 4.57. The number of ether oxygens (including phenoxy) is 1. The third-order valence-electron chi connectivity index (χ3n) is 4.14. The number of nitrogens with one attached hydrogen (secondary N) is 2. The first-order chi connectivity index (χ1) is 13.2. The molecule has 0 spiro atoms. The Morgan fingerprint density at radius 2 is 2.25 bits per heavy atom. The molecule has 154 valence electrons. The van der Waals surface area contributed by atoms with Crippen molar-refractivity contribution in [3.63, 3.8) is 0 Å². The number of aromatic amines is 1. The maximum Gasteiger partial charge on any atom is 0.327 e. The second kappa shape index (κ2) is 8.15. The molecule has 0 aliphatic carbocycles. The molecule has 0 aromatic carbocycles. The summed E-state index contributed by atoms with van der Waals surface area (Å²) in [6.07, 6.45) is -4.83. The van der Waals surface area contributed by atoms with Crippen LogP contribution in [0.1, 0.15) is 20.1 Å². The van der Waals surface area contributed by atoms with E-state index >= 15 is 0 Å². The molecule has 1 aliphatic rings. The number of aliphatic hydroxyl groups is 1. The van der Waals surface area contributed by atoms with Gasteiger partial charge in [0.25, 0.3) is 5.56 Å². The minimum atomic E-state index is -2.88. The van der Waals surface area contributed by atoms with Gasteiger partial charge in [-0.3, -0.25) is 24.5 Å². The van der Waals surface area contributed by atoms with Crippen molar-refractivity contribution in [1.29, 1.82) is 0 Å². The Hall–Kier alpha value is -2.02. The number of imidazole rings is 1. The first kappa shape index (κ1) is 20.7. The van der Waals surface area contributed by atoms with Gasteiger partial charge in [-0.15, -0.1) is 0 Å². The van der Waals surface area contributed by atoms with Crippen LogP contribution in [0.2, 0.25) is 0 Å². The molecule has 0 saturated carbocycles. The number of rotatable bonds is 6. The number of H-pyrrole nitrogens is 1. The number of fused-ring (bicyclic) bond motifs is 1. The standard InChI is InChI=1S/C14H19FN5O7P/c1-5(2)11(22)18-14-17-10-8(12(23)19-14)16-4-20(10)13-7(15)9(27-28(24)25)6(3-21)26-13/h4-7,9,13,21,24-25H,3H2,1-2H3,(H2,17,18,19,22,23)/t6-,7-,9+,13-/m1/s1. The normalized spacial score (nSPS) is 25.1. The monoisotopic (exact) mass is 419 g/mol. The zero-order valence-corrected chi connectivity index (χ0v) is 15.7. The van der Waals surface area contributed by atoms with Crippen molar-refractivity contribution in [1.82, 2.24) is 19.5 Å². The summed E-state index contributed by atoms with van der Waals surface area (Å²) in [7, 11) is -2.88. The van der Waals surface area contributed by atoms with Crippen molar-refractivity contribution >= 4 is 31.6 Å². The Morgan fingerprint density at radius 3 is 2.86 bits per heavy atom. The molecule has 0 unspecified atom stereocenters. The van der Waals surface area contributed by atoms with Gasteiger partial charge >= 0.3 is 8.60 Å². The predicted molar refractivity (Wildman–Crippen MR) is 93.7 cm³/mol. The fraction of sp³-hybridized carbons (Fsp3) is 0.571. The van der Waals surface area contributed by atoms with Crippen molar-refractivity contribution in [3.05, 3.63) is 16.7 Å². The average Bonchev–Trinajstić information content (AvgIpc) is 3.16. The van der Waals surface area contributed by atoms with Gasteiger partial charge in [-0.25, -0.2) is 9.37 Å². The minimum absolute atomic E-state index is 0.0666. The van der Waals surface area contributed by atoms with E-state index in [9.17, 15) is 19.1 Å². The van der Waals surface area contributed by atoms with E-state index in [0.29, 0.717) is 0 Å². The maximum absolute atomic E-state index is 14.9. The minimum Gasteiger partial charge on any atom is -0.394 e. The van der Waals surface area contributed by atoms with E-state index in [1.54, 1.807) is 13.8 Å². The quantitative estimate of drug-likeness (QED) is 0.388. The molecule has 4 atom stereocenters. The first-order valence-corrected chi connectivity index (χ1v) is 9.42. The van der Waals surface area contributed by atoms with Gasteiger partial charge in [-0.05, 0) is 0 Å². The number of alkyl halides is 1. The van der Waals surface area contributed by atoms with Crippen LogP contribution in [0.4, 0.5) is 10.3 Å². The van der Waals surface area contributed by atoms with Gasteiger partial charge in [0.15, 0.2) is 23.6 Å². The van der Waals surface area contributed by atoms with E-state index < -0.39 is 45.4 Å². The lowest BCUT2D eigenvalue weighted by Crippen LogP contribution is -2.32. The second-order valence-electron chi connectivity index (χ2n) is 6.40. The first-order valence-electron chi connectivity index (χ1n) is 8.25. The van der Waals surface area contributed by atoms with Crippen LogP contribution in [0.3, 0.4) is 0 Å². The molecular weight excluding hydrogens is 400 g/mol. The van der Waals surface area contributed by atoms with Crippen molar-refractivity contribution in [2.24, 2.45) is 5.92 Å². The number of carbonyl (C=O) groups is 1. The van der Waals surface area contributed by atoms with Crippen LogP contribution in [0, 0.1) is 5.92 Å². The Balaban J connectivity index is 1.98. The van der Waals surface area contributed by atoms with Gasteiger partial charge < -0.3 is 24.2 Å². The average molecular weight is 419 g/mol. The number of aromatic nitrogens is 4. The lowest BCUT2D eigenvalue weighted by atomic mass is 10.1. The van der Waals surface area contributed by atoms with Gasteiger partial charge in [0.05, 0.1) is 12.9 Å². The summed E-state index contributed by atoms with van der Waals surface area (Å²) >= 11 is 0. The van der Waals surface area contributed by atoms with E-state index in [1.807, 2.05) is 0 Å². The number of carbonyl (C=O) groups excluding carboxylic acids is 1. The van der Waals surface area contributed by atoms with Gasteiger partial charge in [-0.1, -0.05) is 13.8 Å². The van der Waals surface area contributed by atoms with Gasteiger partial charge in [0.2, 0.25) is 11.9 Å². The molecule has 14 heteroatoms. The van der Waals surface area contributed by atoms with Crippen molar-refractivity contribution in [2.75, 3.05) is 11.9 Å². The van der Waals surface area contributed by atoms with Crippen LogP contribution in [0.25, 0.3) is 11.2 Å². The number of hydrogen-bond acceptors (Lipinski definition) is 9. The summed E-state index contributed by atoms with van der Waals surface area (Å²) in [4.78, 5) is 52.4. The topological polar surface area (TPSA) is 172 Å². The molecule has 0 radical (unpaired) electrons. The number of anilines is 1. The summed E-state index contributed by atoms with van der Waals surface area (Å²) < 4.78 is 26.1. The van der Waals surface area contributed by atoms with Crippen molar-refractivity contribution in [3.8, 4) is 0 Å². The van der Waals surface area contributed by atoms with Crippen molar-refractivity contribution in [2.45, 2.75) is 38.5 Å². The number of aliphatic hydroxyl groups excluding tert-OH is 1. The Kier molecular flexibility index (Phi) is 6.03. The molecule has 12 nitrogen and oxygen atoms in total. The Labute approximate surface area is 158 Å². The zero-order valence-electron chi connectivity index (χ0n) is 14.8. The molecule has 1 amide bonds. The van der Waals surface area contributed by atoms with E-state index in [2.05, 4.69) is 20.3 Å². The molecule has 3 rings (SSSR count). The van der Waals surface area contributed by atoms with Crippen LogP contribution < -0.4 is 10.9 Å². The highest BCUT2D eigenvalue weighted by molar-refractivity contribution is 7.39. The lowest BCUT2D eigenvalue weighted by molar-refractivity contribution is -0.118. The summed E-state index contributed by atoms with van der Waals surface area (Å²) in [5.41, 5.74) is -0.838. The van der Waals surface area contributed by atoms with Gasteiger partial charge in [-0.2, -0.15) is 4.98 Å². The van der Waals surface area contributed by atoms with Crippen LogP contribution in [0.15, 0.2) is 11.1 Å². The van der Waals surface area contributed by atoms with Crippen LogP contribution >= 0.6 is 8.60 Å². The largest absolute Gasteiger partial charge is 0.394 e. The molecular formula is C14H19FN5O7P. The molecule has 28 heavy (non-hydrogen) atoms. The molecule has 1 saturated heterocycles. The summed E-state index contributed by atoms with van der Waals surface area (Å²) in [5.74, 6) is -0.899. The van der Waals surface area contributed by atoms with Crippen LogP contribution in [-0.4, -0.2) is 65.3 Å². The SMILES string of the molecule is CC(C)C(=O)Nc1nc2c(ncn2[C@@H]2O[C@H](CO)[C@H](OP(O)O)[C@H]2F)c(=O)[nH]1. The van der Waals surface area contributed by atoms with E-state index in [4.69, 9.17) is 19.0 Å². The molecule has 2 aromatic heterocycles. The highest BCUT2D eigenvalue weighted by atomic mass is 31.2. The molecule has 0 bridgehead atoms. The summed E-state index contributed by atoms with van der Waals surface area (Å²) in [6.45, 7) is 2.67. The molecule has 3 heterocycles.